The Labute approximate surface area is 127 Å². The SMILES string of the molecule is C[C@H](Sc1ccccn1)C(=O)Nc1ccc(C(N)=O)cc1. The lowest BCUT2D eigenvalue weighted by atomic mass is 10.2. The van der Waals surface area contributed by atoms with E-state index in [9.17, 15) is 9.59 Å². The molecule has 1 heterocycles. The highest BCUT2D eigenvalue weighted by Crippen LogP contribution is 2.21. The van der Waals surface area contributed by atoms with Gasteiger partial charge in [0, 0.05) is 17.4 Å². The number of hydrogen-bond donors (Lipinski definition) is 2. The summed E-state index contributed by atoms with van der Waals surface area (Å²) in [5, 5.41) is 3.30. The first kappa shape index (κ1) is 15.1. The number of carbonyl (C=O) groups excluding carboxylic acids is 2. The van der Waals surface area contributed by atoms with Crippen LogP contribution < -0.4 is 11.1 Å². The maximum Gasteiger partial charge on any atom is 0.248 e. The fraction of sp³-hybridized carbons (Fsp3) is 0.133. The summed E-state index contributed by atoms with van der Waals surface area (Å²) in [7, 11) is 0. The van der Waals surface area contributed by atoms with Crippen LogP contribution in [0.2, 0.25) is 0 Å². The van der Waals surface area contributed by atoms with Crippen molar-refractivity contribution in [3.63, 3.8) is 0 Å². The first-order valence-electron chi connectivity index (χ1n) is 6.34. The largest absolute Gasteiger partial charge is 0.366 e. The second-order valence-corrected chi connectivity index (χ2v) is 5.72. The van der Waals surface area contributed by atoms with E-state index in [1.54, 1.807) is 30.5 Å². The van der Waals surface area contributed by atoms with Crippen molar-refractivity contribution in [1.29, 1.82) is 0 Å². The average molecular weight is 301 g/mol. The second-order valence-electron chi connectivity index (χ2n) is 4.36. The van der Waals surface area contributed by atoms with Crippen molar-refractivity contribution in [2.75, 3.05) is 5.32 Å². The number of carbonyl (C=O) groups is 2. The van der Waals surface area contributed by atoms with Gasteiger partial charge in [0.1, 0.15) is 0 Å². The predicted octanol–water partition coefficient (Wildman–Crippen LogP) is 2.30. The van der Waals surface area contributed by atoms with E-state index in [0.29, 0.717) is 11.3 Å². The number of primary amides is 1. The van der Waals surface area contributed by atoms with E-state index in [4.69, 9.17) is 5.73 Å². The van der Waals surface area contributed by atoms with E-state index < -0.39 is 5.91 Å². The van der Waals surface area contributed by atoms with Crippen molar-refractivity contribution in [2.24, 2.45) is 5.73 Å². The minimum atomic E-state index is -0.494. The van der Waals surface area contributed by atoms with E-state index in [1.165, 1.54) is 11.8 Å². The second kappa shape index (κ2) is 6.90. The molecule has 0 aliphatic heterocycles. The molecule has 5 nitrogen and oxygen atoms in total. The predicted molar refractivity (Wildman–Crippen MR) is 83.1 cm³/mol. The third-order valence-corrected chi connectivity index (χ3v) is 3.79. The van der Waals surface area contributed by atoms with Crippen molar-refractivity contribution in [1.82, 2.24) is 4.98 Å². The van der Waals surface area contributed by atoms with Crippen LogP contribution in [0.15, 0.2) is 53.7 Å². The molecule has 0 saturated carbocycles. The van der Waals surface area contributed by atoms with Crippen LogP contribution in [-0.4, -0.2) is 22.0 Å². The number of amides is 2. The molecule has 0 saturated heterocycles. The number of pyridine rings is 1. The quantitative estimate of drug-likeness (QED) is 0.830. The molecular weight excluding hydrogens is 286 g/mol. The summed E-state index contributed by atoms with van der Waals surface area (Å²) in [5.41, 5.74) is 6.19. The van der Waals surface area contributed by atoms with Gasteiger partial charge in [-0.15, -0.1) is 0 Å². The zero-order valence-corrected chi connectivity index (χ0v) is 12.3. The molecule has 2 aromatic rings. The Morgan fingerprint density at radius 3 is 2.48 bits per heavy atom. The van der Waals surface area contributed by atoms with E-state index in [-0.39, 0.29) is 11.2 Å². The summed E-state index contributed by atoms with van der Waals surface area (Å²) < 4.78 is 0. The molecule has 0 fully saturated rings. The number of benzene rings is 1. The molecule has 6 heteroatoms. The summed E-state index contributed by atoms with van der Waals surface area (Å²) >= 11 is 1.38. The maximum absolute atomic E-state index is 12.1. The Morgan fingerprint density at radius 2 is 1.90 bits per heavy atom. The summed E-state index contributed by atoms with van der Waals surface area (Å²) in [5.74, 6) is -0.621. The zero-order chi connectivity index (χ0) is 15.2. The molecule has 21 heavy (non-hydrogen) atoms. The number of aromatic nitrogens is 1. The van der Waals surface area contributed by atoms with Crippen molar-refractivity contribution in [3.8, 4) is 0 Å². The highest BCUT2D eigenvalue weighted by molar-refractivity contribution is 8.00. The first-order valence-corrected chi connectivity index (χ1v) is 7.22. The Morgan fingerprint density at radius 1 is 1.19 bits per heavy atom. The van der Waals surface area contributed by atoms with Crippen LogP contribution in [0.5, 0.6) is 0 Å². The molecule has 0 unspecified atom stereocenters. The summed E-state index contributed by atoms with van der Waals surface area (Å²) in [6.07, 6.45) is 1.69. The van der Waals surface area contributed by atoms with E-state index in [2.05, 4.69) is 10.3 Å². The molecule has 0 aliphatic carbocycles. The van der Waals surface area contributed by atoms with Crippen LogP contribution in [0.25, 0.3) is 0 Å². The van der Waals surface area contributed by atoms with Crippen LogP contribution in [0, 0.1) is 0 Å². The fourth-order valence-corrected chi connectivity index (χ4v) is 2.42. The highest BCUT2D eigenvalue weighted by Gasteiger charge is 2.15. The highest BCUT2D eigenvalue weighted by atomic mass is 32.2. The molecule has 0 aliphatic rings. The molecule has 0 radical (unpaired) electrons. The van der Waals surface area contributed by atoms with Gasteiger partial charge in [-0.3, -0.25) is 9.59 Å². The average Bonchev–Trinajstić information content (AvgIpc) is 2.48. The third-order valence-electron chi connectivity index (χ3n) is 2.74. The summed E-state index contributed by atoms with van der Waals surface area (Å²) in [4.78, 5) is 27.2. The van der Waals surface area contributed by atoms with Crippen LogP contribution in [0.1, 0.15) is 17.3 Å². The molecule has 0 spiro atoms. The van der Waals surface area contributed by atoms with Gasteiger partial charge in [-0.2, -0.15) is 0 Å². The minimum absolute atomic E-state index is 0.127. The van der Waals surface area contributed by atoms with Gasteiger partial charge in [0.2, 0.25) is 11.8 Å². The number of thioether (sulfide) groups is 1. The standard InChI is InChI=1S/C15H15N3O2S/c1-10(21-13-4-2-3-9-17-13)15(20)18-12-7-5-11(6-8-12)14(16)19/h2-10H,1H3,(H2,16,19)(H,18,20)/t10-/m0/s1. The van der Waals surface area contributed by atoms with Gasteiger partial charge in [0.15, 0.2) is 0 Å². The molecule has 1 aromatic heterocycles. The monoisotopic (exact) mass is 301 g/mol. The maximum atomic E-state index is 12.1. The Hall–Kier alpha value is -2.34. The lowest BCUT2D eigenvalue weighted by molar-refractivity contribution is -0.115. The first-order chi connectivity index (χ1) is 10.1. The normalized spacial score (nSPS) is 11.7. The Bertz CT molecular complexity index is 629. The van der Waals surface area contributed by atoms with Crippen LogP contribution in [0.4, 0.5) is 5.69 Å². The van der Waals surface area contributed by atoms with Gasteiger partial charge >= 0.3 is 0 Å². The lowest BCUT2D eigenvalue weighted by Gasteiger charge is -2.11. The van der Waals surface area contributed by atoms with Gasteiger partial charge in [-0.1, -0.05) is 17.8 Å². The molecule has 2 rings (SSSR count). The van der Waals surface area contributed by atoms with Crippen molar-refractivity contribution in [2.45, 2.75) is 17.2 Å². The molecule has 1 aromatic carbocycles. The van der Waals surface area contributed by atoms with Crippen molar-refractivity contribution >= 4 is 29.3 Å². The van der Waals surface area contributed by atoms with Crippen molar-refractivity contribution < 1.29 is 9.59 Å². The van der Waals surface area contributed by atoms with Crippen LogP contribution in [-0.2, 0) is 4.79 Å². The van der Waals surface area contributed by atoms with E-state index in [0.717, 1.165) is 5.03 Å². The topological polar surface area (TPSA) is 85.1 Å². The smallest absolute Gasteiger partial charge is 0.248 e. The van der Waals surface area contributed by atoms with E-state index in [1.807, 2.05) is 25.1 Å². The molecule has 3 N–H and O–H groups in total. The summed E-state index contributed by atoms with van der Waals surface area (Å²) in [6.45, 7) is 1.81. The number of rotatable bonds is 5. The number of anilines is 1. The Kier molecular flexibility index (Phi) is 4.94. The number of nitrogens with one attached hydrogen (secondary N) is 1. The molecule has 1 atom stereocenters. The van der Waals surface area contributed by atoms with Gasteiger partial charge in [-0.25, -0.2) is 4.98 Å². The van der Waals surface area contributed by atoms with E-state index >= 15 is 0 Å². The molecule has 2 amide bonds. The number of hydrogen-bond acceptors (Lipinski definition) is 4. The van der Waals surface area contributed by atoms with Crippen LogP contribution >= 0.6 is 11.8 Å². The lowest BCUT2D eigenvalue weighted by Crippen LogP contribution is -2.22. The molecule has 108 valence electrons. The summed E-state index contributed by atoms with van der Waals surface area (Å²) in [6, 6.07) is 12.0. The molecular formula is C15H15N3O2S. The van der Waals surface area contributed by atoms with Gasteiger partial charge < -0.3 is 11.1 Å². The number of nitrogens with zero attached hydrogens (tertiary/aromatic N) is 1. The minimum Gasteiger partial charge on any atom is -0.366 e. The zero-order valence-electron chi connectivity index (χ0n) is 11.4. The van der Waals surface area contributed by atoms with Gasteiger partial charge in [0.25, 0.3) is 0 Å². The van der Waals surface area contributed by atoms with Crippen LogP contribution in [0.3, 0.4) is 0 Å². The Balaban J connectivity index is 1.95. The molecule has 0 bridgehead atoms. The number of nitrogens with two attached hydrogens (primary N) is 1. The third kappa shape index (κ3) is 4.32. The van der Waals surface area contributed by atoms with Crippen molar-refractivity contribution in [3.05, 3.63) is 54.2 Å². The fourth-order valence-electron chi connectivity index (χ4n) is 1.61. The van der Waals surface area contributed by atoms with Gasteiger partial charge in [-0.05, 0) is 43.3 Å². The van der Waals surface area contributed by atoms with Gasteiger partial charge in [0.05, 0.1) is 10.3 Å².